The molecular weight excluding hydrogens is 386 g/mol. The highest BCUT2D eigenvalue weighted by molar-refractivity contribution is 8.08. The van der Waals surface area contributed by atoms with Crippen LogP contribution in [-0.2, 0) is 35.1 Å². The molecule has 11 heteroatoms. The van der Waals surface area contributed by atoms with Crippen molar-refractivity contribution in [3.63, 3.8) is 0 Å². The Kier molecular flexibility index (Phi) is 11.4. The van der Waals surface area contributed by atoms with E-state index in [1.54, 1.807) is 14.2 Å². The third-order valence-corrected chi connectivity index (χ3v) is 6.10. The van der Waals surface area contributed by atoms with E-state index in [9.17, 15) is 4.79 Å². The van der Waals surface area contributed by atoms with Crippen molar-refractivity contribution in [1.29, 1.82) is 0 Å². The number of nitrogens with zero attached hydrogens (tertiary/aromatic N) is 1. The maximum Gasteiger partial charge on any atom is 0.282 e. The molecule has 0 aliphatic heterocycles. The second kappa shape index (κ2) is 11.2. The van der Waals surface area contributed by atoms with Crippen molar-refractivity contribution in [2.24, 2.45) is 0 Å². The summed E-state index contributed by atoms with van der Waals surface area (Å²) in [7, 11) is 3.10. The fourth-order valence-electron chi connectivity index (χ4n) is 1.37. The van der Waals surface area contributed by atoms with E-state index in [1.807, 2.05) is 20.8 Å². The summed E-state index contributed by atoms with van der Waals surface area (Å²) in [5.41, 5.74) is 2.01. The third-order valence-electron chi connectivity index (χ3n) is 2.38. The topological polar surface area (TPSA) is 69.3 Å². The summed E-state index contributed by atoms with van der Waals surface area (Å²) in [6.45, 7) is 3.62. The average molecular weight is 411 g/mol. The molecule has 0 fully saturated rings. The van der Waals surface area contributed by atoms with Crippen LogP contribution in [0.1, 0.15) is 20.8 Å². The first-order valence-corrected chi connectivity index (χ1v) is 10.3. The van der Waals surface area contributed by atoms with Gasteiger partial charge in [0.25, 0.3) is 12.5 Å². The smallest absolute Gasteiger partial charge is 0.282 e. The molecule has 1 N–H and O–H groups in total. The fraction of sp³-hybridized carbons (Fsp3) is 0.917. The minimum absolute atomic E-state index is 0.217. The predicted octanol–water partition coefficient (Wildman–Crippen LogP) is 2.47. The van der Waals surface area contributed by atoms with Gasteiger partial charge in [0, 0.05) is 19.8 Å². The third kappa shape index (κ3) is 8.95. The lowest BCUT2D eigenvalue weighted by Crippen LogP contribution is -2.52. The van der Waals surface area contributed by atoms with Crippen molar-refractivity contribution in [3.05, 3.63) is 0 Å². The van der Waals surface area contributed by atoms with Crippen molar-refractivity contribution in [1.82, 2.24) is 10.2 Å². The second-order valence-electron chi connectivity index (χ2n) is 5.38. The minimum Gasteiger partial charge on any atom is -0.382 e. The molecule has 7 nitrogen and oxygen atoms in total. The zero-order valence-corrected chi connectivity index (χ0v) is 17.2. The summed E-state index contributed by atoms with van der Waals surface area (Å²) in [4.78, 5) is 10.7. The molecule has 23 heavy (non-hydrogen) atoms. The number of nitrogens with one attached hydrogen (secondary N) is 1. The number of carbonyl (C=O) groups is 1. The molecule has 0 heterocycles. The van der Waals surface area contributed by atoms with Crippen LogP contribution in [0.15, 0.2) is 0 Å². The van der Waals surface area contributed by atoms with Gasteiger partial charge in [-0.2, -0.15) is 0 Å². The SMILES string of the molecule is COCCOP(=S)(OCCOC)N(NC(=O)C(Cl)Cl)C(C)(C)C. The van der Waals surface area contributed by atoms with Gasteiger partial charge in [0.05, 0.1) is 26.4 Å². The number of halogens is 2. The summed E-state index contributed by atoms with van der Waals surface area (Å²) in [6, 6.07) is 0. The summed E-state index contributed by atoms with van der Waals surface area (Å²) >= 11 is 16.8. The summed E-state index contributed by atoms with van der Waals surface area (Å²) in [6.07, 6.45) is 0. The Hall–Kier alpha value is 0.500. The normalized spacial score (nSPS) is 12.9. The Morgan fingerprint density at radius 1 is 1.13 bits per heavy atom. The summed E-state index contributed by atoms with van der Waals surface area (Å²) < 4.78 is 22.9. The van der Waals surface area contributed by atoms with E-state index in [0.717, 1.165) is 0 Å². The molecular formula is C12H25Cl2N2O5PS. The number of methoxy groups -OCH3 is 2. The number of alkyl halides is 2. The van der Waals surface area contributed by atoms with Gasteiger partial charge in [0.15, 0.2) is 4.84 Å². The second-order valence-corrected chi connectivity index (χ2v) is 9.71. The van der Waals surface area contributed by atoms with Crippen LogP contribution in [0.25, 0.3) is 0 Å². The molecule has 0 aliphatic carbocycles. The lowest BCUT2D eigenvalue weighted by Gasteiger charge is -2.41. The van der Waals surface area contributed by atoms with E-state index in [2.05, 4.69) is 5.43 Å². The van der Waals surface area contributed by atoms with Gasteiger partial charge in [0.1, 0.15) is 0 Å². The molecule has 0 aromatic heterocycles. The molecule has 0 saturated heterocycles. The largest absolute Gasteiger partial charge is 0.382 e. The van der Waals surface area contributed by atoms with Crippen molar-refractivity contribution >= 4 is 47.6 Å². The predicted molar refractivity (Wildman–Crippen MR) is 95.2 cm³/mol. The minimum atomic E-state index is -3.05. The number of carbonyl (C=O) groups excluding carboxylic acids is 1. The molecule has 0 aromatic rings. The Morgan fingerprint density at radius 2 is 1.57 bits per heavy atom. The molecule has 0 unspecified atom stereocenters. The van der Waals surface area contributed by atoms with Crippen molar-refractivity contribution in [3.8, 4) is 0 Å². The number of amides is 1. The van der Waals surface area contributed by atoms with Crippen LogP contribution >= 0.6 is 29.8 Å². The summed E-state index contributed by atoms with van der Waals surface area (Å²) in [5.74, 6) is -0.608. The molecule has 0 atom stereocenters. The Balaban J connectivity index is 5.34. The van der Waals surface area contributed by atoms with Crippen LogP contribution in [0.3, 0.4) is 0 Å². The molecule has 0 aliphatic rings. The van der Waals surface area contributed by atoms with Crippen LogP contribution in [0.2, 0.25) is 0 Å². The Bertz CT molecular complexity index is 395. The first-order chi connectivity index (χ1) is 10.6. The molecule has 138 valence electrons. The van der Waals surface area contributed by atoms with Crippen LogP contribution in [0.5, 0.6) is 0 Å². The first kappa shape index (κ1) is 23.5. The molecule has 0 bridgehead atoms. The Morgan fingerprint density at radius 3 is 1.87 bits per heavy atom. The number of hydrogen-bond acceptors (Lipinski definition) is 6. The van der Waals surface area contributed by atoms with E-state index in [4.69, 9.17) is 53.5 Å². The lowest BCUT2D eigenvalue weighted by molar-refractivity contribution is -0.124. The van der Waals surface area contributed by atoms with Crippen molar-refractivity contribution in [2.45, 2.75) is 31.1 Å². The highest BCUT2D eigenvalue weighted by Gasteiger charge is 2.39. The van der Waals surface area contributed by atoms with Crippen molar-refractivity contribution < 1.29 is 23.3 Å². The van der Waals surface area contributed by atoms with Crippen LogP contribution in [-0.4, -0.2) is 61.7 Å². The van der Waals surface area contributed by atoms with Gasteiger partial charge in [-0.05, 0) is 32.6 Å². The van der Waals surface area contributed by atoms with E-state index >= 15 is 0 Å². The number of hydrogen-bond donors (Lipinski definition) is 1. The van der Waals surface area contributed by atoms with Gasteiger partial charge in [-0.25, -0.2) is 0 Å². The molecule has 0 radical (unpaired) electrons. The number of ether oxygens (including phenoxy) is 2. The van der Waals surface area contributed by atoms with E-state index in [1.165, 1.54) is 4.78 Å². The number of hydrazine groups is 1. The van der Waals surface area contributed by atoms with E-state index < -0.39 is 22.9 Å². The highest BCUT2D eigenvalue weighted by atomic mass is 35.5. The Labute approximate surface area is 153 Å². The monoisotopic (exact) mass is 410 g/mol. The molecule has 0 rings (SSSR count). The van der Waals surface area contributed by atoms with E-state index in [-0.39, 0.29) is 13.2 Å². The first-order valence-electron chi connectivity index (χ1n) is 6.85. The zero-order chi connectivity index (χ0) is 18.1. The maximum absolute atomic E-state index is 11.9. The summed E-state index contributed by atoms with van der Waals surface area (Å²) in [5, 5.41) is 0. The van der Waals surface area contributed by atoms with Gasteiger partial charge in [0.2, 0.25) is 0 Å². The van der Waals surface area contributed by atoms with E-state index in [0.29, 0.717) is 13.2 Å². The van der Waals surface area contributed by atoms with Crippen molar-refractivity contribution in [2.75, 3.05) is 40.6 Å². The van der Waals surface area contributed by atoms with Gasteiger partial charge in [-0.1, -0.05) is 23.2 Å². The van der Waals surface area contributed by atoms with Crippen LogP contribution in [0, 0.1) is 0 Å². The number of rotatable bonds is 11. The van der Waals surface area contributed by atoms with Crippen LogP contribution < -0.4 is 5.43 Å². The maximum atomic E-state index is 11.9. The zero-order valence-electron chi connectivity index (χ0n) is 14.0. The molecule has 0 aromatic carbocycles. The van der Waals surface area contributed by atoms with Gasteiger partial charge in [-0.3, -0.25) is 10.2 Å². The molecule has 1 amide bonds. The molecule has 0 saturated carbocycles. The van der Waals surface area contributed by atoms with Gasteiger partial charge in [-0.15, -0.1) is 4.78 Å². The molecule has 0 spiro atoms. The fourth-order valence-corrected chi connectivity index (χ4v) is 4.65. The average Bonchev–Trinajstić information content (AvgIpc) is 2.43. The highest BCUT2D eigenvalue weighted by Crippen LogP contribution is 2.54. The standard InChI is InChI=1S/C12H25Cl2N2O5PS/c1-12(2,3)16(15-11(17)10(13)14)22(23,20-8-6-18-4)21-9-7-19-5/h10H,6-9H2,1-5H3,(H,15,17). The van der Waals surface area contributed by atoms with Crippen LogP contribution in [0.4, 0.5) is 0 Å². The lowest BCUT2D eigenvalue weighted by atomic mass is 10.1. The quantitative estimate of drug-likeness (QED) is 0.243. The van der Waals surface area contributed by atoms with Gasteiger partial charge < -0.3 is 18.5 Å². The van der Waals surface area contributed by atoms with Gasteiger partial charge >= 0.3 is 0 Å².